The van der Waals surface area contributed by atoms with Crippen molar-refractivity contribution in [1.82, 2.24) is 0 Å². The molecule has 0 saturated heterocycles. The van der Waals surface area contributed by atoms with Crippen LogP contribution in [0.3, 0.4) is 0 Å². The highest BCUT2D eigenvalue weighted by molar-refractivity contribution is 7.92. The number of hydrogen-bond donors (Lipinski definition) is 1. The van der Waals surface area contributed by atoms with Crippen molar-refractivity contribution in [3.8, 4) is 11.5 Å². The van der Waals surface area contributed by atoms with Crippen LogP contribution in [0.25, 0.3) is 0 Å². The number of fused-ring (bicyclic) bond motifs is 1. The van der Waals surface area contributed by atoms with Gasteiger partial charge in [0.2, 0.25) is 10.0 Å². The molecule has 0 saturated carbocycles. The van der Waals surface area contributed by atoms with Crippen molar-refractivity contribution < 1.29 is 22.7 Å². The molecular formula is C18H19ClN2O5S. The molecule has 9 heteroatoms. The highest BCUT2D eigenvalue weighted by Crippen LogP contribution is 2.34. The van der Waals surface area contributed by atoms with Crippen molar-refractivity contribution in [1.29, 1.82) is 0 Å². The number of ether oxygens (including phenoxy) is 2. The Kier molecular flexibility index (Phi) is 5.48. The van der Waals surface area contributed by atoms with Crippen LogP contribution in [0.15, 0.2) is 42.5 Å². The Labute approximate surface area is 162 Å². The van der Waals surface area contributed by atoms with Gasteiger partial charge in [0.05, 0.1) is 24.7 Å². The minimum absolute atomic E-state index is 0.126. The lowest BCUT2D eigenvalue weighted by Crippen LogP contribution is -2.36. The minimum atomic E-state index is -3.50. The zero-order valence-electron chi connectivity index (χ0n) is 14.8. The Hall–Kier alpha value is -2.45. The standard InChI is InChI=1S/C18H19ClN2O5S/c1-25-15-8-7-12(19)11-13(15)20-18(22)17-9-10-21(27(2,23)24)14-5-3-4-6-16(14)26-17/h3-8,11,17H,9-10H2,1-2H3,(H,20,22). The van der Waals surface area contributed by atoms with E-state index in [-0.39, 0.29) is 13.0 Å². The van der Waals surface area contributed by atoms with Gasteiger partial charge in [-0.15, -0.1) is 0 Å². The molecule has 2 aromatic carbocycles. The monoisotopic (exact) mass is 410 g/mol. The number of amides is 1. The first-order valence-electron chi connectivity index (χ1n) is 8.17. The van der Waals surface area contributed by atoms with E-state index in [0.717, 1.165) is 6.26 Å². The number of rotatable bonds is 4. The molecule has 1 aliphatic heterocycles. The first-order valence-corrected chi connectivity index (χ1v) is 10.4. The predicted molar refractivity (Wildman–Crippen MR) is 104 cm³/mol. The third-order valence-corrected chi connectivity index (χ3v) is 5.52. The van der Waals surface area contributed by atoms with Crippen molar-refractivity contribution in [3.05, 3.63) is 47.5 Å². The number of halogens is 1. The van der Waals surface area contributed by atoms with Gasteiger partial charge < -0.3 is 14.8 Å². The molecule has 0 bridgehead atoms. The van der Waals surface area contributed by atoms with Gasteiger partial charge in [-0.1, -0.05) is 23.7 Å². The maximum absolute atomic E-state index is 12.8. The SMILES string of the molecule is COc1ccc(Cl)cc1NC(=O)C1CCN(S(C)(=O)=O)c2ccccc2O1. The molecule has 2 aromatic rings. The number of sulfonamides is 1. The summed E-state index contributed by atoms with van der Waals surface area (Å²) >= 11 is 5.99. The van der Waals surface area contributed by atoms with Crippen LogP contribution in [-0.4, -0.2) is 40.3 Å². The van der Waals surface area contributed by atoms with E-state index >= 15 is 0 Å². The van der Waals surface area contributed by atoms with Crippen molar-refractivity contribution in [3.63, 3.8) is 0 Å². The van der Waals surface area contributed by atoms with E-state index in [4.69, 9.17) is 21.1 Å². The average Bonchev–Trinajstić information content (AvgIpc) is 2.81. The van der Waals surface area contributed by atoms with Gasteiger partial charge in [-0.3, -0.25) is 9.10 Å². The Morgan fingerprint density at radius 3 is 2.74 bits per heavy atom. The van der Waals surface area contributed by atoms with Gasteiger partial charge in [0, 0.05) is 18.0 Å². The van der Waals surface area contributed by atoms with E-state index in [0.29, 0.717) is 27.9 Å². The summed E-state index contributed by atoms with van der Waals surface area (Å²) in [5.41, 5.74) is 0.826. The molecule has 1 amide bonds. The fourth-order valence-corrected chi connectivity index (χ4v) is 3.97. The smallest absolute Gasteiger partial charge is 0.265 e. The summed E-state index contributed by atoms with van der Waals surface area (Å²) in [6.45, 7) is 0.126. The predicted octanol–water partition coefficient (Wildman–Crippen LogP) is 2.90. The number of methoxy groups -OCH3 is 1. The molecule has 1 heterocycles. The van der Waals surface area contributed by atoms with Crippen LogP contribution >= 0.6 is 11.6 Å². The van der Waals surface area contributed by atoms with Crippen LogP contribution in [-0.2, 0) is 14.8 Å². The van der Waals surface area contributed by atoms with E-state index in [1.807, 2.05) is 0 Å². The van der Waals surface area contributed by atoms with E-state index in [2.05, 4.69) is 5.32 Å². The van der Waals surface area contributed by atoms with E-state index in [9.17, 15) is 13.2 Å². The van der Waals surface area contributed by atoms with E-state index in [1.165, 1.54) is 11.4 Å². The van der Waals surface area contributed by atoms with Crippen molar-refractivity contribution >= 4 is 38.9 Å². The fourth-order valence-electron chi connectivity index (χ4n) is 2.85. The van der Waals surface area contributed by atoms with Gasteiger partial charge in [0.1, 0.15) is 11.5 Å². The van der Waals surface area contributed by atoms with Gasteiger partial charge in [-0.2, -0.15) is 0 Å². The first-order chi connectivity index (χ1) is 12.8. The molecule has 7 nitrogen and oxygen atoms in total. The highest BCUT2D eigenvalue weighted by Gasteiger charge is 2.31. The highest BCUT2D eigenvalue weighted by atomic mass is 35.5. The Morgan fingerprint density at radius 1 is 1.30 bits per heavy atom. The van der Waals surface area contributed by atoms with E-state index < -0.39 is 22.0 Å². The second kappa shape index (κ2) is 7.66. The molecule has 1 atom stereocenters. The zero-order valence-corrected chi connectivity index (χ0v) is 16.4. The van der Waals surface area contributed by atoms with Gasteiger partial charge in [0.25, 0.3) is 5.91 Å². The van der Waals surface area contributed by atoms with Gasteiger partial charge in [0.15, 0.2) is 6.10 Å². The number of anilines is 2. The van der Waals surface area contributed by atoms with Gasteiger partial charge in [-0.25, -0.2) is 8.42 Å². The molecule has 0 spiro atoms. The Morgan fingerprint density at radius 2 is 2.04 bits per heavy atom. The first kappa shape index (κ1) is 19.3. The fraction of sp³-hybridized carbons (Fsp3) is 0.278. The third kappa shape index (κ3) is 4.28. The lowest BCUT2D eigenvalue weighted by Gasteiger charge is -2.20. The number of carbonyl (C=O) groups excluding carboxylic acids is 1. The molecule has 27 heavy (non-hydrogen) atoms. The van der Waals surface area contributed by atoms with Gasteiger partial charge in [-0.05, 0) is 30.3 Å². The van der Waals surface area contributed by atoms with Gasteiger partial charge >= 0.3 is 0 Å². The number of carbonyl (C=O) groups is 1. The van der Waals surface area contributed by atoms with Crippen LogP contribution < -0.4 is 19.1 Å². The summed E-state index contributed by atoms with van der Waals surface area (Å²) < 4.78 is 36.6. The van der Waals surface area contributed by atoms with Crippen LogP contribution in [0.2, 0.25) is 5.02 Å². The summed E-state index contributed by atoms with van der Waals surface area (Å²) in [6, 6.07) is 11.6. The molecular weight excluding hydrogens is 392 g/mol. The molecule has 3 rings (SSSR count). The second-order valence-corrected chi connectivity index (χ2v) is 8.38. The minimum Gasteiger partial charge on any atom is -0.495 e. The zero-order chi connectivity index (χ0) is 19.6. The normalized spacial score (nSPS) is 16.7. The van der Waals surface area contributed by atoms with Crippen molar-refractivity contribution in [2.75, 3.05) is 29.5 Å². The summed E-state index contributed by atoms with van der Waals surface area (Å²) in [4.78, 5) is 12.8. The Bertz CT molecular complexity index is 964. The van der Waals surface area contributed by atoms with Crippen LogP contribution in [0.4, 0.5) is 11.4 Å². The van der Waals surface area contributed by atoms with Crippen LogP contribution in [0.5, 0.6) is 11.5 Å². The number of hydrogen-bond acceptors (Lipinski definition) is 5. The lowest BCUT2D eigenvalue weighted by molar-refractivity contribution is -0.122. The van der Waals surface area contributed by atoms with Crippen LogP contribution in [0, 0.1) is 0 Å². The maximum atomic E-state index is 12.8. The topological polar surface area (TPSA) is 84.9 Å². The molecule has 144 valence electrons. The third-order valence-electron chi connectivity index (χ3n) is 4.11. The Balaban J connectivity index is 1.87. The summed E-state index contributed by atoms with van der Waals surface area (Å²) in [5.74, 6) is 0.374. The van der Waals surface area contributed by atoms with E-state index in [1.54, 1.807) is 42.5 Å². The summed E-state index contributed by atoms with van der Waals surface area (Å²) in [5, 5.41) is 3.19. The molecule has 1 unspecified atom stereocenters. The number of nitrogens with zero attached hydrogens (tertiary/aromatic N) is 1. The quantitative estimate of drug-likeness (QED) is 0.837. The van der Waals surface area contributed by atoms with Crippen molar-refractivity contribution in [2.45, 2.75) is 12.5 Å². The number of nitrogens with one attached hydrogen (secondary N) is 1. The number of benzene rings is 2. The summed E-state index contributed by atoms with van der Waals surface area (Å²) in [7, 11) is -2.02. The average molecular weight is 411 g/mol. The molecule has 0 aromatic heterocycles. The molecule has 0 aliphatic carbocycles. The lowest BCUT2D eigenvalue weighted by atomic mass is 10.2. The molecule has 0 radical (unpaired) electrons. The van der Waals surface area contributed by atoms with Crippen molar-refractivity contribution in [2.24, 2.45) is 0 Å². The summed E-state index contributed by atoms with van der Waals surface area (Å²) in [6.07, 6.45) is 0.443. The number of para-hydroxylation sites is 2. The van der Waals surface area contributed by atoms with Crippen LogP contribution in [0.1, 0.15) is 6.42 Å². The molecule has 1 N–H and O–H groups in total. The molecule has 1 aliphatic rings. The maximum Gasteiger partial charge on any atom is 0.265 e. The molecule has 0 fully saturated rings. The largest absolute Gasteiger partial charge is 0.495 e. The second-order valence-electron chi connectivity index (χ2n) is 6.03.